The van der Waals surface area contributed by atoms with Gasteiger partial charge >= 0.3 is 0 Å². The summed E-state index contributed by atoms with van der Waals surface area (Å²) in [7, 11) is 0. The summed E-state index contributed by atoms with van der Waals surface area (Å²) >= 11 is 0. The molecule has 0 amide bonds. The van der Waals surface area contributed by atoms with E-state index in [1.54, 1.807) is 0 Å². The molecule has 3 heteroatoms. The fourth-order valence-corrected chi connectivity index (χ4v) is 2.33. The van der Waals surface area contributed by atoms with Gasteiger partial charge in [0.1, 0.15) is 0 Å². The van der Waals surface area contributed by atoms with Gasteiger partial charge in [0.05, 0.1) is 0 Å². The van der Waals surface area contributed by atoms with Crippen molar-refractivity contribution < 1.29 is 98.1 Å². The van der Waals surface area contributed by atoms with Gasteiger partial charge in [-0.05, 0) is 0 Å². The molecule has 3 aromatic rings. The third-order valence-corrected chi connectivity index (χ3v) is 3.33. The van der Waals surface area contributed by atoms with Crippen LogP contribution in [0.3, 0.4) is 0 Å². The van der Waals surface area contributed by atoms with Crippen LogP contribution in [0.4, 0.5) is 0 Å². The van der Waals surface area contributed by atoms with Gasteiger partial charge in [0, 0.05) is 98.1 Å². The van der Waals surface area contributed by atoms with E-state index in [4.69, 9.17) is 6.58 Å². The van der Waals surface area contributed by atoms with Crippen molar-refractivity contribution in [1.82, 2.24) is 0 Å². The molecule has 3 radical (unpaired) electrons. The van der Waals surface area contributed by atoms with E-state index in [1.807, 2.05) is 66.7 Å². The third-order valence-electron chi connectivity index (χ3n) is 3.33. The summed E-state index contributed by atoms with van der Waals surface area (Å²) in [5.74, 6) is -0.119. The second-order valence-electron chi connectivity index (χ2n) is 4.71. The Hall–Kier alpha value is 0.712. The Kier molecular flexibility index (Phi) is 13.4. The molecule has 3 aromatic carbocycles. The van der Waals surface area contributed by atoms with Crippen molar-refractivity contribution in [3.05, 3.63) is 114 Å². The van der Waals surface area contributed by atoms with Gasteiger partial charge in [-0.1, -0.05) is 0 Å². The minimum atomic E-state index is -0.119. The van der Waals surface area contributed by atoms with Crippen molar-refractivity contribution in [3.8, 4) is 0 Å². The van der Waals surface area contributed by atoms with Gasteiger partial charge < -0.3 is 24.3 Å². The van der Waals surface area contributed by atoms with Crippen LogP contribution in [0.15, 0.2) is 66.7 Å². The van der Waals surface area contributed by atoms with Crippen molar-refractivity contribution in [3.63, 3.8) is 0 Å². The van der Waals surface area contributed by atoms with Gasteiger partial charge in [-0.25, -0.2) is 12.1 Å². The Balaban J connectivity index is 0.00000176. The summed E-state index contributed by atoms with van der Waals surface area (Å²) in [4.78, 5) is 0. The van der Waals surface area contributed by atoms with Crippen molar-refractivity contribution in [2.75, 3.05) is 0 Å². The van der Waals surface area contributed by atoms with Gasteiger partial charge in [0.15, 0.2) is 0 Å². The molecule has 0 N–H and O–H groups in total. The number of rotatable bonds is 4. The minimum absolute atomic E-state index is 0. The summed E-state index contributed by atoms with van der Waals surface area (Å²) in [5, 5.41) is 0. The number of benzene rings is 3. The first-order valence-electron chi connectivity index (χ1n) is 6.80. The maximum absolute atomic E-state index is 6.43. The number of hydrogen-bond acceptors (Lipinski definition) is 0. The summed E-state index contributed by atoms with van der Waals surface area (Å²) in [5.41, 5.74) is 3.54. The maximum Gasteiger partial charge on any atom is 0 e. The normalized spacial score (nSPS) is 10.3. The molecule has 3 rings (SSSR count). The maximum atomic E-state index is 6.43. The monoisotopic (exact) mass is 532 g/mol. The van der Waals surface area contributed by atoms with E-state index >= 15 is 0 Å². The number of hydrogen-bond donors (Lipinski definition) is 0. The Morgan fingerprint density at radius 3 is 1.83 bits per heavy atom. The summed E-state index contributed by atoms with van der Waals surface area (Å²) < 4.78 is 0. The molecule has 0 aromatic heterocycles. The molecule has 0 saturated carbocycles. The van der Waals surface area contributed by atoms with Crippen LogP contribution in [0.25, 0.3) is 5.57 Å². The molecule has 0 aliphatic carbocycles. The minimum Gasteiger partial charge on any atom is -0.356 e. The van der Waals surface area contributed by atoms with Crippen molar-refractivity contribution >= 4 is 5.57 Å². The fourth-order valence-electron chi connectivity index (χ4n) is 2.33. The molecule has 24 heavy (non-hydrogen) atoms. The average Bonchev–Trinajstić information content (AvgIpc) is 2.58. The molecule has 1 atom stereocenters. The van der Waals surface area contributed by atoms with Crippen molar-refractivity contribution in [2.24, 2.45) is 0 Å². The van der Waals surface area contributed by atoms with Crippen LogP contribution in [-0.2, 0) is 98.1 Å². The Morgan fingerprint density at radius 2 is 1.29 bits per heavy atom. The van der Waals surface area contributed by atoms with Crippen LogP contribution in [0.2, 0.25) is 0 Å². The quantitative estimate of drug-likeness (QED) is 0.434. The van der Waals surface area contributed by atoms with Gasteiger partial charge in [0.2, 0.25) is 0 Å². The van der Waals surface area contributed by atoms with Crippen LogP contribution >= 0.6 is 0 Å². The van der Waals surface area contributed by atoms with Crippen LogP contribution in [-0.4, -0.2) is 0 Å². The smallest absolute Gasteiger partial charge is 0 e. The second-order valence-corrected chi connectivity index (χ2v) is 4.71. The molecular weight excluding hydrogens is 519 g/mol. The van der Waals surface area contributed by atoms with Crippen LogP contribution < -0.4 is 0 Å². The molecule has 0 nitrogen and oxygen atoms in total. The molecule has 0 aliphatic rings. The van der Waals surface area contributed by atoms with E-state index in [0.29, 0.717) is 0 Å². The molecule has 0 aliphatic heterocycles. The van der Waals surface area contributed by atoms with Crippen molar-refractivity contribution in [2.45, 2.75) is 5.92 Å². The Labute approximate surface area is 220 Å². The van der Waals surface area contributed by atoms with E-state index in [9.17, 15) is 0 Å². The summed E-state index contributed by atoms with van der Waals surface area (Å²) in [6.07, 6.45) is 0. The SMILES string of the molecule is [CH-]=C(c1[c-]cccc1)C(c1[c-]ccc[c-]1)c1[c-]cccc1.[Y].[Y].[Y]. The van der Waals surface area contributed by atoms with Crippen LogP contribution in [0, 0.1) is 30.8 Å². The van der Waals surface area contributed by atoms with E-state index in [2.05, 4.69) is 24.3 Å². The molecule has 0 saturated heterocycles. The van der Waals surface area contributed by atoms with Crippen molar-refractivity contribution in [1.29, 1.82) is 0 Å². The van der Waals surface area contributed by atoms with Gasteiger partial charge in [-0.2, -0.15) is 48.0 Å². The zero-order chi connectivity index (χ0) is 14.5. The molecule has 0 spiro atoms. The van der Waals surface area contributed by atoms with Crippen LogP contribution in [0.5, 0.6) is 0 Å². The molecular formula is C21H13Y3-5. The topological polar surface area (TPSA) is 0 Å². The first-order valence-corrected chi connectivity index (χ1v) is 6.80. The van der Waals surface area contributed by atoms with E-state index in [-0.39, 0.29) is 104 Å². The Bertz CT molecular complexity index is 670. The molecule has 0 bridgehead atoms. The predicted molar refractivity (Wildman–Crippen MR) is 84.2 cm³/mol. The van der Waals surface area contributed by atoms with Gasteiger partial charge in [-0.15, -0.1) is 12.0 Å². The van der Waals surface area contributed by atoms with E-state index < -0.39 is 0 Å². The Morgan fingerprint density at radius 1 is 0.708 bits per heavy atom. The van der Waals surface area contributed by atoms with Gasteiger partial charge in [-0.3, -0.25) is 29.3 Å². The molecule has 111 valence electrons. The fraction of sp³-hybridized carbons (Fsp3) is 0.0476. The largest absolute Gasteiger partial charge is 0.356 e. The molecule has 0 fully saturated rings. The zero-order valence-corrected chi connectivity index (χ0v) is 21.8. The van der Waals surface area contributed by atoms with Gasteiger partial charge in [0.25, 0.3) is 0 Å². The molecule has 1 unspecified atom stereocenters. The average molecular weight is 532 g/mol. The summed E-state index contributed by atoms with van der Waals surface area (Å²) in [6.45, 7) is 6.43. The summed E-state index contributed by atoms with van der Waals surface area (Å²) in [6, 6.07) is 34.1. The molecule has 0 heterocycles. The number of allylic oxidation sites excluding steroid dienone is 1. The zero-order valence-electron chi connectivity index (χ0n) is 13.2. The first kappa shape index (κ1) is 24.7. The standard InChI is InChI=1S/C21H13.3Y/c1-17(18-11-5-2-6-12-18)21(19-13-7-3-8-14-19)20-15-9-4-10-16-20;;;/h1-11,13,21H;;;/q-5;;;. The first-order chi connectivity index (χ1) is 10.4. The predicted octanol–water partition coefficient (Wildman–Crippen LogP) is 4.53. The van der Waals surface area contributed by atoms with E-state index in [0.717, 1.165) is 22.3 Å². The third kappa shape index (κ3) is 6.46. The van der Waals surface area contributed by atoms with E-state index in [1.165, 1.54) is 0 Å². The van der Waals surface area contributed by atoms with Crippen LogP contribution in [0.1, 0.15) is 22.6 Å². The second kappa shape index (κ2) is 13.0.